The van der Waals surface area contributed by atoms with E-state index >= 15 is 0 Å². The highest BCUT2D eigenvalue weighted by Gasteiger charge is 2.36. The molecule has 2 unspecified atom stereocenters. The summed E-state index contributed by atoms with van der Waals surface area (Å²) >= 11 is 4.37. The first kappa shape index (κ1) is 32.8. The summed E-state index contributed by atoms with van der Waals surface area (Å²) in [5.74, 6) is -0.459. The summed E-state index contributed by atoms with van der Waals surface area (Å²) < 4.78 is 5.39. The van der Waals surface area contributed by atoms with Crippen molar-refractivity contribution in [1.29, 1.82) is 0 Å². The number of carbonyl (C=O) groups excluding carboxylic acids is 3. The fourth-order valence-corrected chi connectivity index (χ4v) is 4.51. The maximum Gasteiger partial charge on any atom is 0.408 e. The van der Waals surface area contributed by atoms with Gasteiger partial charge in [0.05, 0.1) is 0 Å². The maximum absolute atomic E-state index is 14.0. The van der Waals surface area contributed by atoms with Crippen LogP contribution in [0.4, 0.5) is 4.79 Å². The summed E-state index contributed by atoms with van der Waals surface area (Å²) in [4.78, 5) is 41.8. The predicted octanol–water partition coefficient (Wildman–Crippen LogP) is 5.88. The number of nitrogens with zero attached hydrogens (tertiary/aromatic N) is 1. The van der Waals surface area contributed by atoms with Gasteiger partial charge in [-0.05, 0) is 64.2 Å². The van der Waals surface area contributed by atoms with Gasteiger partial charge in [0.2, 0.25) is 11.8 Å². The van der Waals surface area contributed by atoms with E-state index in [1.54, 1.807) is 25.7 Å². The van der Waals surface area contributed by atoms with Crippen LogP contribution in [0.1, 0.15) is 102 Å². The average Bonchev–Trinajstić information content (AvgIpc) is 2.81. The summed E-state index contributed by atoms with van der Waals surface area (Å²) in [6.45, 7) is 14.4. The molecular weight excluding hydrogens is 486 g/mol. The lowest BCUT2D eigenvalue weighted by atomic mass is 9.93. The second-order valence-corrected chi connectivity index (χ2v) is 11.0. The second-order valence-electron chi connectivity index (χ2n) is 10.7. The van der Waals surface area contributed by atoms with Gasteiger partial charge in [-0.2, -0.15) is 12.6 Å². The molecular formula is C29H49N3O4S. The monoisotopic (exact) mass is 535 g/mol. The Labute approximate surface area is 229 Å². The minimum Gasteiger partial charge on any atom is -0.444 e. The first-order valence-electron chi connectivity index (χ1n) is 13.7. The van der Waals surface area contributed by atoms with Crippen LogP contribution in [0, 0.1) is 13.8 Å². The molecule has 0 spiro atoms. The highest BCUT2D eigenvalue weighted by Crippen LogP contribution is 2.29. The molecule has 0 aliphatic heterocycles. The molecule has 8 heteroatoms. The topological polar surface area (TPSA) is 87.7 Å². The summed E-state index contributed by atoms with van der Waals surface area (Å²) in [5.41, 5.74) is 2.02. The Balaban J connectivity index is 3.42. The normalized spacial score (nSPS) is 13.0. The van der Waals surface area contributed by atoms with E-state index in [1.165, 1.54) is 0 Å². The Hall–Kier alpha value is -2.22. The van der Waals surface area contributed by atoms with E-state index in [1.807, 2.05) is 32.0 Å². The zero-order chi connectivity index (χ0) is 28.0. The second kappa shape index (κ2) is 16.6. The van der Waals surface area contributed by atoms with E-state index in [-0.39, 0.29) is 17.6 Å². The Morgan fingerprint density at radius 2 is 1.57 bits per heavy atom. The molecule has 1 aromatic carbocycles. The van der Waals surface area contributed by atoms with Gasteiger partial charge in [-0.25, -0.2) is 4.79 Å². The largest absolute Gasteiger partial charge is 0.444 e. The molecule has 0 heterocycles. The number of alkyl carbamates (subject to hydrolysis) is 1. The molecule has 2 N–H and O–H groups in total. The van der Waals surface area contributed by atoms with Gasteiger partial charge in [0.1, 0.15) is 17.7 Å². The summed E-state index contributed by atoms with van der Waals surface area (Å²) in [5, 5.41) is 5.73. The lowest BCUT2D eigenvalue weighted by Gasteiger charge is -2.35. The predicted molar refractivity (Wildman–Crippen MR) is 154 cm³/mol. The quantitative estimate of drug-likeness (QED) is 0.193. The number of benzene rings is 1. The molecule has 0 fully saturated rings. The molecule has 0 bridgehead atoms. The molecule has 1 rings (SSSR count). The van der Waals surface area contributed by atoms with Crippen LogP contribution in [-0.2, 0) is 14.3 Å². The van der Waals surface area contributed by atoms with Crippen molar-refractivity contribution in [2.24, 2.45) is 0 Å². The molecule has 0 aliphatic rings. The zero-order valence-corrected chi connectivity index (χ0v) is 24.9. The van der Waals surface area contributed by atoms with E-state index < -0.39 is 23.8 Å². The lowest BCUT2D eigenvalue weighted by molar-refractivity contribution is -0.142. The van der Waals surface area contributed by atoms with Gasteiger partial charge in [-0.1, -0.05) is 64.2 Å². The number of ether oxygens (including phenoxy) is 1. The zero-order valence-electron chi connectivity index (χ0n) is 24.0. The van der Waals surface area contributed by atoms with E-state index in [9.17, 15) is 14.4 Å². The van der Waals surface area contributed by atoms with Crippen LogP contribution in [0.3, 0.4) is 0 Å². The van der Waals surface area contributed by atoms with Gasteiger partial charge in [0, 0.05) is 18.8 Å². The van der Waals surface area contributed by atoms with E-state index in [2.05, 4.69) is 37.1 Å². The van der Waals surface area contributed by atoms with Crippen molar-refractivity contribution >= 4 is 30.5 Å². The number of aryl methyl sites for hydroxylation is 2. The summed E-state index contributed by atoms with van der Waals surface area (Å²) in [6, 6.07) is 4.16. The first-order valence-corrected chi connectivity index (χ1v) is 14.3. The van der Waals surface area contributed by atoms with Crippen LogP contribution in [-0.4, -0.2) is 53.3 Å². The number of thiol groups is 1. The highest BCUT2D eigenvalue weighted by atomic mass is 32.1. The van der Waals surface area contributed by atoms with Gasteiger partial charge in [-0.15, -0.1) is 0 Å². The van der Waals surface area contributed by atoms with Gasteiger partial charge in [0.25, 0.3) is 0 Å². The van der Waals surface area contributed by atoms with Gasteiger partial charge in [-0.3, -0.25) is 9.59 Å². The van der Waals surface area contributed by atoms with Crippen molar-refractivity contribution in [3.63, 3.8) is 0 Å². The molecule has 0 radical (unpaired) electrons. The van der Waals surface area contributed by atoms with Crippen molar-refractivity contribution in [3.05, 3.63) is 34.9 Å². The molecule has 2 atom stereocenters. The molecule has 1 aromatic rings. The molecule has 210 valence electrons. The molecule has 0 saturated heterocycles. The van der Waals surface area contributed by atoms with Crippen molar-refractivity contribution in [2.45, 2.75) is 111 Å². The van der Waals surface area contributed by atoms with Crippen LogP contribution in [0.2, 0.25) is 0 Å². The van der Waals surface area contributed by atoms with Crippen molar-refractivity contribution in [2.75, 3.05) is 18.8 Å². The van der Waals surface area contributed by atoms with Gasteiger partial charge >= 0.3 is 6.09 Å². The molecule has 0 aliphatic carbocycles. The highest BCUT2D eigenvalue weighted by molar-refractivity contribution is 7.80. The van der Waals surface area contributed by atoms with Crippen LogP contribution < -0.4 is 10.6 Å². The van der Waals surface area contributed by atoms with Gasteiger partial charge < -0.3 is 20.3 Å². The molecule has 37 heavy (non-hydrogen) atoms. The Morgan fingerprint density at radius 3 is 2.11 bits per heavy atom. The SMILES string of the molecule is CCCCCCCN(C(=O)C(CS)NC(=O)OC(C)(C)C)C(C(=O)NCCCC)c1c(C)cccc1C. The lowest BCUT2D eigenvalue weighted by Crippen LogP contribution is -2.54. The molecule has 0 aromatic heterocycles. The van der Waals surface area contributed by atoms with E-state index in [0.717, 1.165) is 61.6 Å². The number of amides is 3. The third-order valence-electron chi connectivity index (χ3n) is 6.16. The number of hydrogen-bond donors (Lipinski definition) is 3. The minimum atomic E-state index is -0.927. The van der Waals surface area contributed by atoms with Crippen molar-refractivity contribution in [1.82, 2.24) is 15.5 Å². The Bertz CT molecular complexity index is 849. The minimum absolute atomic E-state index is 0.0847. The fourth-order valence-electron chi connectivity index (χ4n) is 4.26. The number of nitrogens with one attached hydrogen (secondary N) is 2. The standard InChI is InChI=1S/C29H49N3O4S/c1-8-10-12-13-14-19-32(27(34)23(20-37)31-28(35)36-29(5,6)7)25(26(33)30-18-11-9-2)24-21(3)16-15-17-22(24)4/h15-17,23,25,37H,8-14,18-20H2,1-7H3,(H,30,33)(H,31,35). The third kappa shape index (κ3) is 11.4. The third-order valence-corrected chi connectivity index (χ3v) is 6.53. The van der Waals surface area contributed by atoms with Gasteiger partial charge in [0.15, 0.2) is 0 Å². The number of unbranched alkanes of at least 4 members (excludes halogenated alkanes) is 5. The molecule has 0 saturated carbocycles. The van der Waals surface area contributed by atoms with Crippen LogP contribution >= 0.6 is 12.6 Å². The number of hydrogen-bond acceptors (Lipinski definition) is 5. The van der Waals surface area contributed by atoms with Crippen LogP contribution in [0.25, 0.3) is 0 Å². The summed E-state index contributed by atoms with van der Waals surface area (Å²) in [6.07, 6.45) is 6.17. The Kier molecular flexibility index (Phi) is 14.7. The fraction of sp³-hybridized carbons (Fsp3) is 0.690. The van der Waals surface area contributed by atoms with E-state index in [0.29, 0.717) is 13.1 Å². The van der Waals surface area contributed by atoms with Crippen LogP contribution in [0.15, 0.2) is 18.2 Å². The number of carbonyl (C=O) groups is 3. The molecule has 3 amide bonds. The van der Waals surface area contributed by atoms with E-state index in [4.69, 9.17) is 4.74 Å². The molecule has 7 nitrogen and oxygen atoms in total. The maximum atomic E-state index is 14.0. The smallest absolute Gasteiger partial charge is 0.408 e. The van der Waals surface area contributed by atoms with Crippen molar-refractivity contribution < 1.29 is 19.1 Å². The average molecular weight is 536 g/mol. The van der Waals surface area contributed by atoms with Crippen molar-refractivity contribution in [3.8, 4) is 0 Å². The Morgan fingerprint density at radius 1 is 0.973 bits per heavy atom. The summed E-state index contributed by atoms with van der Waals surface area (Å²) in [7, 11) is 0. The van der Waals surface area contributed by atoms with Crippen LogP contribution in [0.5, 0.6) is 0 Å². The number of rotatable bonds is 15. The first-order chi connectivity index (χ1) is 17.5.